The van der Waals surface area contributed by atoms with Crippen molar-refractivity contribution in [3.05, 3.63) is 0 Å². The number of nitrogens with two attached hydrogens (primary N) is 1. The summed E-state index contributed by atoms with van der Waals surface area (Å²) in [6, 6.07) is 0.460. The first-order valence-corrected chi connectivity index (χ1v) is 5.21. The van der Waals surface area contributed by atoms with Crippen LogP contribution in [0.4, 0.5) is 0 Å². The normalized spacial score (nSPS) is 24.9. The first-order chi connectivity index (χ1) is 6.69. The number of carbonyl (C=O) groups is 1. The van der Waals surface area contributed by atoms with E-state index < -0.39 is 0 Å². The molecule has 0 amide bonds. The standard InChI is InChI=1S/C10H20N2O2/c1-8(10(13)14-2)7-12-5-3-4-9(12)6-11/h8-9H,3-7,11H2,1-2H3. The van der Waals surface area contributed by atoms with Crippen LogP contribution in [0.5, 0.6) is 0 Å². The summed E-state index contributed by atoms with van der Waals surface area (Å²) in [5.74, 6) is -0.181. The minimum Gasteiger partial charge on any atom is -0.469 e. The van der Waals surface area contributed by atoms with Crippen LogP contribution >= 0.6 is 0 Å². The summed E-state index contributed by atoms with van der Waals surface area (Å²) in [7, 11) is 1.43. The van der Waals surface area contributed by atoms with Crippen LogP contribution in [0, 0.1) is 5.92 Å². The fourth-order valence-corrected chi connectivity index (χ4v) is 2.03. The van der Waals surface area contributed by atoms with E-state index in [2.05, 4.69) is 4.90 Å². The Morgan fingerprint density at radius 1 is 1.71 bits per heavy atom. The van der Waals surface area contributed by atoms with Crippen molar-refractivity contribution in [2.75, 3.05) is 26.7 Å². The molecule has 1 saturated heterocycles. The highest BCUT2D eigenvalue weighted by Crippen LogP contribution is 2.17. The zero-order valence-electron chi connectivity index (χ0n) is 9.03. The largest absolute Gasteiger partial charge is 0.469 e. The molecule has 1 rings (SSSR count). The fourth-order valence-electron chi connectivity index (χ4n) is 2.03. The van der Waals surface area contributed by atoms with Crippen molar-refractivity contribution >= 4 is 5.97 Å². The fraction of sp³-hybridized carbons (Fsp3) is 0.900. The molecular formula is C10H20N2O2. The number of nitrogens with zero attached hydrogens (tertiary/aromatic N) is 1. The maximum absolute atomic E-state index is 11.2. The molecule has 4 nitrogen and oxygen atoms in total. The summed E-state index contributed by atoms with van der Waals surface area (Å²) in [6.07, 6.45) is 2.35. The van der Waals surface area contributed by atoms with Crippen molar-refractivity contribution in [2.24, 2.45) is 11.7 Å². The van der Waals surface area contributed by atoms with E-state index in [1.54, 1.807) is 0 Å². The lowest BCUT2D eigenvalue weighted by Gasteiger charge is -2.25. The van der Waals surface area contributed by atoms with Gasteiger partial charge in [-0.2, -0.15) is 0 Å². The first kappa shape index (κ1) is 11.5. The summed E-state index contributed by atoms with van der Waals surface area (Å²) in [5, 5.41) is 0. The predicted octanol–water partition coefficient (Wildman–Crippen LogP) is 0.219. The topological polar surface area (TPSA) is 55.6 Å². The molecule has 1 heterocycles. The van der Waals surface area contributed by atoms with Gasteiger partial charge in [0.1, 0.15) is 0 Å². The molecule has 0 aromatic carbocycles. The molecule has 1 aliphatic heterocycles. The monoisotopic (exact) mass is 200 g/mol. The van der Waals surface area contributed by atoms with Gasteiger partial charge in [-0.05, 0) is 19.4 Å². The van der Waals surface area contributed by atoms with Crippen LogP contribution < -0.4 is 5.73 Å². The summed E-state index contributed by atoms with van der Waals surface area (Å²) in [5.41, 5.74) is 5.65. The second-order valence-corrected chi connectivity index (χ2v) is 3.95. The molecule has 0 aliphatic carbocycles. The third-order valence-electron chi connectivity index (χ3n) is 2.88. The van der Waals surface area contributed by atoms with Crippen LogP contribution in [0.15, 0.2) is 0 Å². The Balaban J connectivity index is 2.39. The van der Waals surface area contributed by atoms with Crippen LogP contribution in [0.25, 0.3) is 0 Å². The van der Waals surface area contributed by atoms with E-state index in [-0.39, 0.29) is 11.9 Å². The van der Waals surface area contributed by atoms with Crippen molar-refractivity contribution in [3.8, 4) is 0 Å². The highest BCUT2D eigenvalue weighted by Gasteiger charge is 2.26. The summed E-state index contributed by atoms with van der Waals surface area (Å²) in [6.45, 7) is 4.42. The van der Waals surface area contributed by atoms with Crippen LogP contribution in [-0.4, -0.2) is 43.7 Å². The number of methoxy groups -OCH3 is 1. The summed E-state index contributed by atoms with van der Waals surface area (Å²) < 4.78 is 4.69. The lowest BCUT2D eigenvalue weighted by atomic mass is 10.1. The Morgan fingerprint density at radius 3 is 3.00 bits per heavy atom. The Labute approximate surface area is 85.4 Å². The Hall–Kier alpha value is -0.610. The number of esters is 1. The predicted molar refractivity (Wildman–Crippen MR) is 54.8 cm³/mol. The zero-order chi connectivity index (χ0) is 10.6. The molecular weight excluding hydrogens is 180 g/mol. The van der Waals surface area contributed by atoms with Gasteiger partial charge >= 0.3 is 5.97 Å². The van der Waals surface area contributed by atoms with Crippen LogP contribution in [0.3, 0.4) is 0 Å². The average Bonchev–Trinajstić information content (AvgIpc) is 2.63. The molecule has 0 aromatic rings. The molecule has 0 aromatic heterocycles. The molecule has 1 fully saturated rings. The molecule has 0 radical (unpaired) electrons. The van der Waals surface area contributed by atoms with Gasteiger partial charge in [0.2, 0.25) is 0 Å². The number of likely N-dealkylation sites (tertiary alicyclic amines) is 1. The van der Waals surface area contributed by atoms with E-state index >= 15 is 0 Å². The van der Waals surface area contributed by atoms with Gasteiger partial charge in [-0.3, -0.25) is 9.69 Å². The van der Waals surface area contributed by atoms with Gasteiger partial charge in [0.05, 0.1) is 13.0 Å². The van der Waals surface area contributed by atoms with E-state index in [9.17, 15) is 4.79 Å². The lowest BCUT2D eigenvalue weighted by Crippen LogP contribution is -2.39. The SMILES string of the molecule is COC(=O)C(C)CN1CCCC1CN. The van der Waals surface area contributed by atoms with E-state index in [4.69, 9.17) is 10.5 Å². The molecule has 4 heteroatoms. The third kappa shape index (κ3) is 2.69. The molecule has 0 bridgehead atoms. The molecule has 0 spiro atoms. The number of hydrogen-bond donors (Lipinski definition) is 1. The summed E-state index contributed by atoms with van der Waals surface area (Å²) in [4.78, 5) is 13.5. The van der Waals surface area contributed by atoms with Gasteiger partial charge < -0.3 is 10.5 Å². The Kier molecular flexibility index (Phi) is 4.35. The molecule has 0 saturated carbocycles. The minimum absolute atomic E-state index is 0.0489. The first-order valence-electron chi connectivity index (χ1n) is 5.21. The van der Waals surface area contributed by atoms with E-state index in [0.717, 1.165) is 19.5 Å². The van der Waals surface area contributed by atoms with Gasteiger partial charge in [0.15, 0.2) is 0 Å². The van der Waals surface area contributed by atoms with Gasteiger partial charge in [-0.25, -0.2) is 0 Å². The molecule has 2 unspecified atom stereocenters. The highest BCUT2D eigenvalue weighted by molar-refractivity contribution is 5.72. The van der Waals surface area contributed by atoms with Gasteiger partial charge in [0.25, 0.3) is 0 Å². The molecule has 2 atom stereocenters. The molecule has 1 aliphatic rings. The number of carbonyl (C=O) groups excluding carboxylic acids is 1. The van der Waals surface area contributed by atoms with Gasteiger partial charge in [-0.15, -0.1) is 0 Å². The molecule has 14 heavy (non-hydrogen) atoms. The van der Waals surface area contributed by atoms with Crippen molar-refractivity contribution in [2.45, 2.75) is 25.8 Å². The minimum atomic E-state index is -0.132. The molecule has 2 N–H and O–H groups in total. The van der Waals surface area contributed by atoms with Gasteiger partial charge in [0, 0.05) is 19.1 Å². The van der Waals surface area contributed by atoms with E-state index in [1.165, 1.54) is 13.5 Å². The second-order valence-electron chi connectivity index (χ2n) is 3.95. The lowest BCUT2D eigenvalue weighted by molar-refractivity contribution is -0.145. The Bertz CT molecular complexity index is 197. The highest BCUT2D eigenvalue weighted by atomic mass is 16.5. The second kappa shape index (κ2) is 5.32. The number of rotatable bonds is 4. The van der Waals surface area contributed by atoms with Crippen molar-refractivity contribution in [3.63, 3.8) is 0 Å². The zero-order valence-corrected chi connectivity index (χ0v) is 9.03. The Morgan fingerprint density at radius 2 is 2.43 bits per heavy atom. The smallest absolute Gasteiger partial charge is 0.309 e. The van der Waals surface area contributed by atoms with Crippen LogP contribution in [0.2, 0.25) is 0 Å². The van der Waals surface area contributed by atoms with Crippen LogP contribution in [0.1, 0.15) is 19.8 Å². The van der Waals surface area contributed by atoms with Crippen molar-refractivity contribution < 1.29 is 9.53 Å². The van der Waals surface area contributed by atoms with E-state index in [0.29, 0.717) is 12.6 Å². The van der Waals surface area contributed by atoms with Crippen molar-refractivity contribution in [1.29, 1.82) is 0 Å². The number of ether oxygens (including phenoxy) is 1. The number of hydrogen-bond acceptors (Lipinski definition) is 4. The maximum atomic E-state index is 11.2. The summed E-state index contributed by atoms with van der Waals surface area (Å²) >= 11 is 0. The van der Waals surface area contributed by atoms with Crippen molar-refractivity contribution in [1.82, 2.24) is 4.90 Å². The average molecular weight is 200 g/mol. The third-order valence-corrected chi connectivity index (χ3v) is 2.88. The van der Waals surface area contributed by atoms with E-state index in [1.807, 2.05) is 6.92 Å². The van der Waals surface area contributed by atoms with Crippen LogP contribution in [-0.2, 0) is 9.53 Å². The molecule has 82 valence electrons. The maximum Gasteiger partial charge on any atom is 0.309 e. The van der Waals surface area contributed by atoms with Gasteiger partial charge in [-0.1, -0.05) is 6.92 Å². The quantitative estimate of drug-likeness (QED) is 0.659.